The van der Waals surface area contributed by atoms with Gasteiger partial charge in [0, 0.05) is 118 Å². The number of ketones is 1. The lowest BCUT2D eigenvalue weighted by atomic mass is 10.0. The lowest BCUT2D eigenvalue weighted by Crippen LogP contribution is -2.44. The average Bonchev–Trinajstić information content (AvgIpc) is 4.26. The minimum absolute atomic E-state index is 0.167. The zero-order chi connectivity index (χ0) is 56.5. The van der Waals surface area contributed by atoms with Gasteiger partial charge in [-0.1, -0.05) is 0 Å². The van der Waals surface area contributed by atoms with E-state index in [1.807, 2.05) is 60.9 Å². The second kappa shape index (κ2) is 23.6. The lowest BCUT2D eigenvalue weighted by Gasteiger charge is -2.24. The van der Waals surface area contributed by atoms with Crippen molar-refractivity contribution in [3.63, 3.8) is 0 Å². The Balaban J connectivity index is 0.000000155. The van der Waals surface area contributed by atoms with Gasteiger partial charge >= 0.3 is 12.2 Å². The Morgan fingerprint density at radius 2 is 1.14 bits per heavy atom. The van der Waals surface area contributed by atoms with Crippen LogP contribution in [0.25, 0.3) is 22.6 Å². The number of aryl methyl sites for hydroxylation is 2. The molecule has 4 unspecified atom stereocenters. The fraction of sp³-hybridized carbons (Fsp3) is 0.793. The van der Waals surface area contributed by atoms with E-state index in [4.69, 9.17) is 20.2 Å². The van der Waals surface area contributed by atoms with E-state index in [1.165, 1.54) is 78.3 Å². The van der Waals surface area contributed by atoms with Crippen LogP contribution in [0.5, 0.6) is 0 Å². The third-order valence-corrected chi connectivity index (χ3v) is 17.0. The Bertz CT molecular complexity index is 2480. The number of rotatable bonds is 9. The van der Waals surface area contributed by atoms with E-state index in [0.29, 0.717) is 51.9 Å². The second-order valence-electron chi connectivity index (χ2n) is 26.9. The van der Waals surface area contributed by atoms with Crippen LogP contribution < -0.4 is 27.0 Å². The quantitative estimate of drug-likeness (QED) is 0.137. The molecule has 19 nitrogen and oxygen atoms in total. The van der Waals surface area contributed by atoms with E-state index in [9.17, 15) is 14.4 Å². The molecule has 0 radical (unpaired) electrons. The summed E-state index contributed by atoms with van der Waals surface area (Å²) in [5.41, 5.74) is 9.43. The summed E-state index contributed by atoms with van der Waals surface area (Å²) in [7, 11) is 0. The van der Waals surface area contributed by atoms with E-state index in [2.05, 4.69) is 109 Å². The van der Waals surface area contributed by atoms with Crippen LogP contribution in [0.1, 0.15) is 161 Å². The van der Waals surface area contributed by atoms with Gasteiger partial charge in [0.25, 0.3) is 0 Å². The number of carbonyl (C=O) groups excluding carboxylic acids is 3. The number of nitrogens with zero attached hydrogens (tertiary/aromatic N) is 9. The Labute approximate surface area is 460 Å². The highest BCUT2D eigenvalue weighted by Gasteiger charge is 2.57. The number of hydrogen-bond donors (Lipinski definition) is 5. The van der Waals surface area contributed by atoms with Crippen LogP contribution in [0.15, 0.2) is 18.7 Å². The third kappa shape index (κ3) is 15.4. The summed E-state index contributed by atoms with van der Waals surface area (Å²) < 4.78 is 12.7. The maximum atomic E-state index is 11.9. The first-order chi connectivity index (χ1) is 36.0. The van der Waals surface area contributed by atoms with Gasteiger partial charge in [-0.2, -0.15) is 0 Å². The summed E-state index contributed by atoms with van der Waals surface area (Å²) in [5, 5.41) is 13.1. The van der Waals surface area contributed by atoms with Gasteiger partial charge in [-0.25, -0.2) is 34.5 Å². The van der Waals surface area contributed by atoms with Crippen molar-refractivity contribution in [2.75, 3.05) is 57.7 Å². The molecule has 6 N–H and O–H groups in total. The van der Waals surface area contributed by atoms with Gasteiger partial charge in [-0.05, 0) is 168 Å². The van der Waals surface area contributed by atoms with Crippen LogP contribution in [0, 0.1) is 28.6 Å². The summed E-state index contributed by atoms with van der Waals surface area (Å²) in [6.45, 7) is 41.2. The molecule has 4 saturated heterocycles. The Morgan fingerprint density at radius 3 is 1.58 bits per heavy atom. The monoisotopic (exact) mass is 1070 g/mol. The molecule has 4 aliphatic heterocycles. The summed E-state index contributed by atoms with van der Waals surface area (Å²) in [6.07, 6.45) is 15.0. The highest BCUT2D eigenvalue weighted by atomic mass is 16.6. The number of imidazole rings is 1. The molecule has 4 atom stereocenters. The van der Waals surface area contributed by atoms with E-state index in [-0.39, 0.29) is 30.1 Å². The van der Waals surface area contributed by atoms with Crippen LogP contribution in [-0.4, -0.2) is 168 Å². The molecule has 0 aromatic carbocycles. The molecule has 430 valence electrons. The van der Waals surface area contributed by atoms with Crippen molar-refractivity contribution in [1.82, 2.24) is 60.1 Å². The molecule has 19 heteroatoms. The molecule has 7 heterocycles. The van der Waals surface area contributed by atoms with Crippen molar-refractivity contribution in [1.29, 1.82) is 0 Å². The second-order valence-corrected chi connectivity index (χ2v) is 26.9. The van der Waals surface area contributed by atoms with Crippen LogP contribution in [0.2, 0.25) is 0 Å². The first-order valence-electron chi connectivity index (χ1n) is 28.9. The number of carbonyl (C=O) groups is 3. The number of nitrogens with two attached hydrogens (primary N) is 1. The topological polar surface area (TPSA) is 223 Å². The molecule has 4 spiro atoms. The Morgan fingerprint density at radius 1 is 0.688 bits per heavy atom. The Kier molecular flexibility index (Phi) is 18.5. The van der Waals surface area contributed by atoms with Crippen molar-refractivity contribution < 1.29 is 23.9 Å². The molecule has 11 rings (SSSR count). The molecule has 8 aliphatic rings. The number of aromatic nitrogens is 6. The van der Waals surface area contributed by atoms with Crippen molar-refractivity contribution >= 4 is 35.0 Å². The molecule has 3 aromatic rings. The van der Waals surface area contributed by atoms with E-state index in [1.54, 1.807) is 6.33 Å². The fourth-order valence-electron chi connectivity index (χ4n) is 11.5. The van der Waals surface area contributed by atoms with Crippen molar-refractivity contribution in [2.24, 2.45) is 27.4 Å². The molecule has 4 saturated carbocycles. The largest absolute Gasteiger partial charge is 0.444 e. The molecule has 77 heavy (non-hydrogen) atoms. The number of alkyl carbamates (subject to hydrolysis) is 2. The predicted molar refractivity (Wildman–Crippen MR) is 304 cm³/mol. The molecule has 4 aliphatic carbocycles. The zero-order valence-corrected chi connectivity index (χ0v) is 49.9. The minimum Gasteiger partial charge on any atom is -0.444 e. The summed E-state index contributed by atoms with van der Waals surface area (Å²) in [4.78, 5) is 63.1. The normalized spacial score (nSPS) is 24.9. The summed E-state index contributed by atoms with van der Waals surface area (Å²) >= 11 is 0. The SMILES string of the molecule is CC(C)(C)OC(=O)NC1CNCC12CC2.CC(C)=O.CC(C)N1CC(N)C2(CC2)C1.CC(C)N1CC(NC(=O)OC(C)(C)C)C2(CC2)C1.CCn1c(-c2cnc(C)nc2)nc2c(NC3CN(C(C)C)CC34CC4)ncnc21. The van der Waals surface area contributed by atoms with Gasteiger partial charge in [-0.3, -0.25) is 14.7 Å². The third-order valence-electron chi connectivity index (χ3n) is 17.0. The highest BCUT2D eigenvalue weighted by Crippen LogP contribution is 2.55. The number of likely N-dealkylation sites (tertiary alicyclic amines) is 3. The Hall–Kier alpha value is -4.56. The molecule has 3 aromatic heterocycles. The zero-order valence-electron chi connectivity index (χ0n) is 49.9. The van der Waals surface area contributed by atoms with E-state index >= 15 is 0 Å². The van der Waals surface area contributed by atoms with Crippen LogP contribution in [0.4, 0.5) is 15.4 Å². The number of Topliss-reactive ketones (excluding diaryl/α,β-unsaturated/α-hetero) is 1. The van der Waals surface area contributed by atoms with Gasteiger partial charge in [-0.15, -0.1) is 0 Å². The molecule has 8 fully saturated rings. The van der Waals surface area contributed by atoms with Gasteiger partial charge in [0.05, 0.1) is 17.6 Å². The van der Waals surface area contributed by atoms with Crippen LogP contribution in [0.3, 0.4) is 0 Å². The van der Waals surface area contributed by atoms with Crippen molar-refractivity contribution in [2.45, 2.75) is 222 Å². The maximum absolute atomic E-state index is 11.9. The number of hydrogen-bond acceptors (Lipinski definition) is 16. The van der Waals surface area contributed by atoms with Gasteiger partial charge in [0.1, 0.15) is 35.0 Å². The van der Waals surface area contributed by atoms with E-state index in [0.717, 1.165) is 80.0 Å². The summed E-state index contributed by atoms with van der Waals surface area (Å²) in [5.74, 6) is 2.58. The standard InChI is InChI=1S/C21H28N8.C14H26N2O2.C11H20N2O2.C9H18N2.C3H6O/c1-5-29-19(15-8-22-14(4)23-9-15)27-17-18(24-12-25-20(17)29)26-16-10-28(13(2)3)11-21(16)6-7-21;1-10(2)16-8-11(14(9-16)6-7-14)15-12(17)18-13(3,4)5;1-10(2,3)15-9(14)13-8-6-12-7-11(8)4-5-11;1-7(2)11-5-8(10)9(6-11)3-4-9;1-3(2)4/h8-9,12-13,16H,5-7,10-11H2,1-4H3,(H,24,25,26);10-11H,6-9H2,1-5H3,(H,15,17);8,12H,4-7H2,1-3H3,(H,13,14);7-8H,3-6,10H2,1-2H3;1-2H3. The summed E-state index contributed by atoms with van der Waals surface area (Å²) in [6, 6.07) is 3.18. The lowest BCUT2D eigenvalue weighted by molar-refractivity contribution is -0.115. The van der Waals surface area contributed by atoms with Crippen molar-refractivity contribution in [3.05, 3.63) is 24.5 Å². The molecule has 0 bridgehead atoms. The van der Waals surface area contributed by atoms with Crippen LogP contribution in [-0.2, 0) is 20.8 Å². The number of ether oxygens (including phenoxy) is 2. The maximum Gasteiger partial charge on any atom is 0.407 e. The number of fused-ring (bicyclic) bond motifs is 1. The first kappa shape index (κ1) is 60.1. The molecule has 2 amide bonds. The molecular formula is C58H98N14O5. The number of amides is 2. The average molecular weight is 1070 g/mol. The number of anilines is 1. The van der Waals surface area contributed by atoms with Gasteiger partial charge in [0.2, 0.25) is 0 Å². The predicted octanol–water partition coefficient (Wildman–Crippen LogP) is 7.96. The minimum atomic E-state index is -0.420. The molecular weight excluding hydrogens is 973 g/mol. The van der Waals surface area contributed by atoms with Gasteiger partial charge in [0.15, 0.2) is 17.0 Å². The van der Waals surface area contributed by atoms with Crippen molar-refractivity contribution in [3.8, 4) is 11.4 Å². The first-order valence-corrected chi connectivity index (χ1v) is 28.9. The highest BCUT2D eigenvalue weighted by molar-refractivity contribution is 5.86. The van der Waals surface area contributed by atoms with Crippen LogP contribution >= 0.6 is 0 Å². The van der Waals surface area contributed by atoms with Gasteiger partial charge < -0.3 is 45.8 Å². The fourth-order valence-corrected chi connectivity index (χ4v) is 11.5. The number of nitrogens with one attached hydrogen (secondary N) is 4. The van der Waals surface area contributed by atoms with E-state index < -0.39 is 11.2 Å². The smallest absolute Gasteiger partial charge is 0.407 e.